The molecule has 0 heterocycles. The molecule has 0 saturated heterocycles. The number of hydrogen-bond donors (Lipinski definition) is 0. The molecule has 0 bridgehead atoms. The van der Waals surface area contributed by atoms with Crippen molar-refractivity contribution in [1.29, 1.82) is 0 Å². The van der Waals surface area contributed by atoms with Gasteiger partial charge in [0.1, 0.15) is 0 Å². The van der Waals surface area contributed by atoms with Crippen molar-refractivity contribution in [3.63, 3.8) is 0 Å². The highest BCUT2D eigenvalue weighted by molar-refractivity contribution is 6.35. The Bertz CT molecular complexity index is 466. The number of rotatable bonds is 1. The summed E-state index contributed by atoms with van der Waals surface area (Å²) in [6.07, 6.45) is 11.0. The summed E-state index contributed by atoms with van der Waals surface area (Å²) in [5.74, 6) is 0. The van der Waals surface area contributed by atoms with Crippen LogP contribution in [0.3, 0.4) is 0 Å². The molecule has 15 heavy (non-hydrogen) atoms. The molecule has 0 fully saturated rings. The second-order valence-electron chi connectivity index (χ2n) is 3.37. The molecule has 1 aliphatic rings. The molecule has 2 rings (SSSR count). The fourth-order valence-corrected chi connectivity index (χ4v) is 1.93. The second-order valence-corrected chi connectivity index (χ2v) is 4.22. The normalized spacial score (nSPS) is 16.6. The Morgan fingerprint density at radius 3 is 2.73 bits per heavy atom. The zero-order valence-corrected chi connectivity index (χ0v) is 9.73. The van der Waals surface area contributed by atoms with Gasteiger partial charge >= 0.3 is 0 Å². The molecule has 0 amide bonds. The van der Waals surface area contributed by atoms with E-state index in [0.29, 0.717) is 10.0 Å². The van der Waals surface area contributed by atoms with Crippen LogP contribution in [-0.2, 0) is 0 Å². The van der Waals surface area contributed by atoms with Gasteiger partial charge in [-0.1, -0.05) is 41.4 Å². The van der Waals surface area contributed by atoms with Crippen LogP contribution in [0.4, 0.5) is 0 Å². The van der Waals surface area contributed by atoms with Crippen LogP contribution in [0.5, 0.6) is 0 Å². The highest BCUT2D eigenvalue weighted by Gasteiger charge is 2.03. The largest absolute Gasteiger partial charge is 0.0843 e. The van der Waals surface area contributed by atoms with Gasteiger partial charge in [0.15, 0.2) is 0 Å². The zero-order valence-electron chi connectivity index (χ0n) is 8.22. The lowest BCUT2D eigenvalue weighted by Gasteiger charge is -2.04. The summed E-state index contributed by atoms with van der Waals surface area (Å²) in [7, 11) is 0. The van der Waals surface area contributed by atoms with E-state index >= 15 is 0 Å². The lowest BCUT2D eigenvalue weighted by Crippen LogP contribution is -1.83. The molecule has 0 spiro atoms. The third-order valence-corrected chi connectivity index (χ3v) is 2.89. The maximum Gasteiger partial charge on any atom is 0.0455 e. The lowest BCUT2D eigenvalue weighted by atomic mass is 10.1. The first-order valence-corrected chi connectivity index (χ1v) is 5.36. The van der Waals surface area contributed by atoms with Crippen LogP contribution in [0, 0.1) is 13.0 Å². The third-order valence-electron chi connectivity index (χ3n) is 2.28. The van der Waals surface area contributed by atoms with Gasteiger partial charge in [-0.25, -0.2) is 0 Å². The van der Waals surface area contributed by atoms with Crippen LogP contribution in [0.2, 0.25) is 10.0 Å². The Labute approximate surface area is 99.5 Å². The molecule has 0 nitrogen and oxygen atoms in total. The van der Waals surface area contributed by atoms with E-state index in [1.54, 1.807) is 6.07 Å². The number of allylic oxidation sites excluding steroid dienone is 5. The molecule has 1 aliphatic carbocycles. The standard InChI is InChI=1S/C13H9Cl2/c1-9-11(6-10-4-2-3-5-10)7-12(14)8-13(9)15/h2-4,6-8H,1H3. The summed E-state index contributed by atoms with van der Waals surface area (Å²) >= 11 is 12.0. The van der Waals surface area contributed by atoms with Crippen molar-refractivity contribution in [2.75, 3.05) is 0 Å². The predicted molar refractivity (Wildman–Crippen MR) is 66.1 cm³/mol. The topological polar surface area (TPSA) is 0 Å². The van der Waals surface area contributed by atoms with Gasteiger partial charge < -0.3 is 0 Å². The molecule has 0 unspecified atom stereocenters. The van der Waals surface area contributed by atoms with E-state index in [0.717, 1.165) is 16.7 Å². The highest BCUT2D eigenvalue weighted by atomic mass is 35.5. The Hall–Kier alpha value is -0.980. The molecule has 0 aromatic heterocycles. The molecule has 0 atom stereocenters. The van der Waals surface area contributed by atoms with E-state index in [9.17, 15) is 0 Å². The molecule has 1 radical (unpaired) electrons. The van der Waals surface area contributed by atoms with Gasteiger partial charge in [-0.05, 0) is 47.9 Å². The molecular weight excluding hydrogens is 227 g/mol. The SMILES string of the molecule is Cc1c(Cl)cc(Cl)cc1C=C1[C]=CC=C1. The monoisotopic (exact) mass is 235 g/mol. The minimum Gasteiger partial charge on any atom is -0.0843 e. The Morgan fingerprint density at radius 1 is 1.27 bits per heavy atom. The van der Waals surface area contributed by atoms with Crippen LogP contribution in [-0.4, -0.2) is 0 Å². The number of halogens is 2. The third kappa shape index (κ3) is 2.34. The van der Waals surface area contributed by atoms with E-state index in [-0.39, 0.29) is 0 Å². The van der Waals surface area contributed by atoms with Crippen molar-refractivity contribution in [2.45, 2.75) is 6.92 Å². The van der Waals surface area contributed by atoms with Gasteiger partial charge in [0, 0.05) is 10.0 Å². The number of benzene rings is 1. The van der Waals surface area contributed by atoms with Crippen molar-refractivity contribution in [2.24, 2.45) is 0 Å². The Morgan fingerprint density at radius 2 is 2.07 bits per heavy atom. The first-order valence-electron chi connectivity index (χ1n) is 4.60. The van der Waals surface area contributed by atoms with Crippen LogP contribution in [0.15, 0.2) is 35.9 Å². The lowest BCUT2D eigenvalue weighted by molar-refractivity contribution is 1.44. The summed E-state index contributed by atoms with van der Waals surface area (Å²) < 4.78 is 0. The zero-order chi connectivity index (χ0) is 10.8. The Balaban J connectivity index is 2.48. The van der Waals surface area contributed by atoms with Gasteiger partial charge in [0.2, 0.25) is 0 Å². The first kappa shape index (κ1) is 10.5. The van der Waals surface area contributed by atoms with Crippen LogP contribution in [0.1, 0.15) is 11.1 Å². The van der Waals surface area contributed by atoms with Crippen LogP contribution in [0.25, 0.3) is 6.08 Å². The summed E-state index contributed by atoms with van der Waals surface area (Å²) in [6.45, 7) is 1.98. The summed E-state index contributed by atoms with van der Waals surface area (Å²) in [6, 6.07) is 3.66. The minimum atomic E-state index is 0.656. The van der Waals surface area contributed by atoms with Crippen molar-refractivity contribution < 1.29 is 0 Å². The van der Waals surface area contributed by atoms with Crippen LogP contribution >= 0.6 is 23.2 Å². The molecule has 0 saturated carbocycles. The van der Waals surface area contributed by atoms with E-state index in [1.165, 1.54) is 0 Å². The maximum absolute atomic E-state index is 6.04. The van der Waals surface area contributed by atoms with Crippen molar-refractivity contribution in [3.05, 3.63) is 63.2 Å². The van der Waals surface area contributed by atoms with Gasteiger partial charge in [0.25, 0.3) is 0 Å². The summed E-state index contributed by atoms with van der Waals surface area (Å²) in [4.78, 5) is 0. The summed E-state index contributed by atoms with van der Waals surface area (Å²) in [5.41, 5.74) is 3.11. The van der Waals surface area contributed by atoms with Gasteiger partial charge in [-0.3, -0.25) is 0 Å². The van der Waals surface area contributed by atoms with E-state index < -0.39 is 0 Å². The van der Waals surface area contributed by atoms with Gasteiger partial charge in [-0.15, -0.1) is 0 Å². The molecular formula is C13H9Cl2. The predicted octanol–water partition coefficient (Wildman–Crippen LogP) is 4.61. The summed E-state index contributed by atoms with van der Waals surface area (Å²) in [5, 5.41) is 1.35. The van der Waals surface area contributed by atoms with Crippen LogP contribution < -0.4 is 0 Å². The van der Waals surface area contributed by atoms with E-state index in [4.69, 9.17) is 23.2 Å². The van der Waals surface area contributed by atoms with E-state index in [2.05, 4.69) is 6.08 Å². The minimum absolute atomic E-state index is 0.656. The van der Waals surface area contributed by atoms with Crippen molar-refractivity contribution >= 4 is 29.3 Å². The molecule has 0 aliphatic heterocycles. The maximum atomic E-state index is 6.04. The highest BCUT2D eigenvalue weighted by Crippen LogP contribution is 2.26. The molecule has 75 valence electrons. The number of hydrogen-bond acceptors (Lipinski definition) is 0. The smallest absolute Gasteiger partial charge is 0.0455 e. The quantitative estimate of drug-likeness (QED) is 0.667. The molecule has 1 aromatic rings. The average Bonchev–Trinajstić information content (AvgIpc) is 2.66. The second kappa shape index (κ2) is 4.26. The van der Waals surface area contributed by atoms with Gasteiger partial charge in [0.05, 0.1) is 0 Å². The van der Waals surface area contributed by atoms with Crippen molar-refractivity contribution in [3.8, 4) is 0 Å². The fraction of sp³-hybridized carbons (Fsp3) is 0.0769. The van der Waals surface area contributed by atoms with Crippen molar-refractivity contribution in [1.82, 2.24) is 0 Å². The fourth-order valence-electron chi connectivity index (χ4n) is 1.42. The molecule has 0 N–H and O–H groups in total. The molecule has 1 aromatic carbocycles. The van der Waals surface area contributed by atoms with Gasteiger partial charge in [-0.2, -0.15) is 0 Å². The average molecular weight is 236 g/mol. The van der Waals surface area contributed by atoms with E-state index in [1.807, 2.05) is 37.3 Å². The molecule has 2 heteroatoms. The Kier molecular flexibility index (Phi) is 2.99. The first-order chi connectivity index (χ1) is 7.16.